The Bertz CT molecular complexity index is 665. The highest BCUT2D eigenvalue weighted by molar-refractivity contribution is 6.28. The third-order valence-electron chi connectivity index (χ3n) is 4.25. The second-order valence-electron chi connectivity index (χ2n) is 5.59. The second-order valence-corrected chi connectivity index (χ2v) is 5.92. The molecule has 8 heteroatoms. The predicted octanol–water partition coefficient (Wildman–Crippen LogP) is 1.67. The van der Waals surface area contributed by atoms with Crippen LogP contribution < -0.4 is 4.90 Å². The minimum Gasteiger partial charge on any atom is -0.381 e. The van der Waals surface area contributed by atoms with Gasteiger partial charge in [0.05, 0.1) is 30.8 Å². The number of ether oxygens (including phenoxy) is 2. The van der Waals surface area contributed by atoms with E-state index in [1.807, 2.05) is 10.9 Å². The fourth-order valence-corrected chi connectivity index (χ4v) is 3.26. The number of halogens is 1. The van der Waals surface area contributed by atoms with Crippen molar-refractivity contribution in [3.8, 4) is 0 Å². The average molecular weight is 324 g/mol. The summed E-state index contributed by atoms with van der Waals surface area (Å²) in [7, 11) is 0. The Balaban J connectivity index is 1.76. The minimum atomic E-state index is 0.266. The van der Waals surface area contributed by atoms with Crippen LogP contribution in [0.5, 0.6) is 0 Å². The Morgan fingerprint density at radius 1 is 1.05 bits per heavy atom. The van der Waals surface area contributed by atoms with Crippen LogP contribution >= 0.6 is 11.6 Å². The van der Waals surface area contributed by atoms with Gasteiger partial charge in [-0.1, -0.05) is 0 Å². The lowest BCUT2D eigenvalue weighted by atomic mass is 10.1. The largest absolute Gasteiger partial charge is 0.381 e. The maximum atomic E-state index is 6.16. The van der Waals surface area contributed by atoms with Crippen molar-refractivity contribution in [3.05, 3.63) is 11.5 Å². The molecule has 2 fully saturated rings. The summed E-state index contributed by atoms with van der Waals surface area (Å²) >= 11 is 6.16. The van der Waals surface area contributed by atoms with Crippen molar-refractivity contribution in [2.24, 2.45) is 0 Å². The van der Waals surface area contributed by atoms with E-state index in [4.69, 9.17) is 21.1 Å². The Morgan fingerprint density at radius 2 is 1.77 bits per heavy atom. The first-order valence-electron chi connectivity index (χ1n) is 7.64. The molecule has 0 bridgehead atoms. The van der Waals surface area contributed by atoms with Gasteiger partial charge in [-0.2, -0.15) is 15.1 Å². The van der Waals surface area contributed by atoms with Crippen LogP contribution in [0, 0.1) is 0 Å². The first-order valence-corrected chi connectivity index (χ1v) is 8.02. The van der Waals surface area contributed by atoms with Crippen LogP contribution in [0.1, 0.15) is 18.9 Å². The van der Waals surface area contributed by atoms with E-state index in [2.05, 4.69) is 20.0 Å². The van der Waals surface area contributed by atoms with Crippen molar-refractivity contribution < 1.29 is 9.47 Å². The Hall–Kier alpha value is -1.44. The molecular weight excluding hydrogens is 306 g/mol. The summed E-state index contributed by atoms with van der Waals surface area (Å²) < 4.78 is 12.8. The van der Waals surface area contributed by atoms with Crippen LogP contribution in [0.25, 0.3) is 11.0 Å². The van der Waals surface area contributed by atoms with Gasteiger partial charge in [-0.3, -0.25) is 0 Å². The zero-order valence-corrected chi connectivity index (χ0v) is 13.0. The van der Waals surface area contributed by atoms with E-state index in [0.29, 0.717) is 19.3 Å². The first-order chi connectivity index (χ1) is 10.8. The SMILES string of the molecule is Clc1nc(N2CCOCC2)c2cnn(C3CCOCC3)c2n1. The number of anilines is 1. The number of nitrogens with zero attached hydrogens (tertiary/aromatic N) is 5. The van der Waals surface area contributed by atoms with Gasteiger partial charge < -0.3 is 14.4 Å². The lowest BCUT2D eigenvalue weighted by Crippen LogP contribution is -2.37. The molecule has 0 unspecified atom stereocenters. The van der Waals surface area contributed by atoms with Crippen LogP contribution in [0.3, 0.4) is 0 Å². The van der Waals surface area contributed by atoms with E-state index in [1.165, 1.54) is 0 Å². The lowest BCUT2D eigenvalue weighted by molar-refractivity contribution is 0.0673. The van der Waals surface area contributed by atoms with Crippen molar-refractivity contribution in [1.82, 2.24) is 19.7 Å². The molecular formula is C14H18ClN5O2. The average Bonchev–Trinajstić information content (AvgIpc) is 2.99. The molecule has 7 nitrogen and oxygen atoms in total. The summed E-state index contributed by atoms with van der Waals surface area (Å²) in [5, 5.41) is 5.78. The molecule has 0 N–H and O–H groups in total. The summed E-state index contributed by atoms with van der Waals surface area (Å²) in [6.45, 7) is 4.56. The summed E-state index contributed by atoms with van der Waals surface area (Å²) in [6.07, 6.45) is 3.75. The summed E-state index contributed by atoms with van der Waals surface area (Å²) in [4.78, 5) is 11.0. The number of aromatic nitrogens is 4. The van der Waals surface area contributed by atoms with Gasteiger partial charge >= 0.3 is 0 Å². The molecule has 118 valence electrons. The van der Waals surface area contributed by atoms with Crippen molar-refractivity contribution >= 4 is 28.5 Å². The van der Waals surface area contributed by atoms with Gasteiger partial charge in [-0.05, 0) is 24.4 Å². The standard InChI is InChI=1S/C14H18ClN5O2/c15-14-17-12(19-3-7-22-8-4-19)11-9-16-20(13(11)18-14)10-1-5-21-6-2-10/h9-10H,1-8H2. The maximum Gasteiger partial charge on any atom is 0.226 e. The molecule has 2 aliphatic rings. The van der Waals surface area contributed by atoms with Gasteiger partial charge in [0.25, 0.3) is 0 Å². The van der Waals surface area contributed by atoms with E-state index in [1.54, 1.807) is 0 Å². The monoisotopic (exact) mass is 323 g/mol. The van der Waals surface area contributed by atoms with E-state index in [9.17, 15) is 0 Å². The van der Waals surface area contributed by atoms with Crippen LogP contribution in [0.15, 0.2) is 6.20 Å². The van der Waals surface area contributed by atoms with Crippen molar-refractivity contribution in [2.45, 2.75) is 18.9 Å². The topological polar surface area (TPSA) is 65.3 Å². The molecule has 0 aromatic carbocycles. The zero-order chi connectivity index (χ0) is 14.9. The zero-order valence-electron chi connectivity index (χ0n) is 12.2. The predicted molar refractivity (Wildman–Crippen MR) is 82.5 cm³/mol. The number of rotatable bonds is 2. The number of hydrogen-bond acceptors (Lipinski definition) is 6. The van der Waals surface area contributed by atoms with Crippen molar-refractivity contribution in [1.29, 1.82) is 0 Å². The Morgan fingerprint density at radius 3 is 2.55 bits per heavy atom. The molecule has 0 amide bonds. The van der Waals surface area contributed by atoms with Gasteiger partial charge in [0, 0.05) is 26.3 Å². The number of hydrogen-bond donors (Lipinski definition) is 0. The van der Waals surface area contributed by atoms with E-state index in [0.717, 1.165) is 56.0 Å². The fourth-order valence-electron chi connectivity index (χ4n) is 3.10. The van der Waals surface area contributed by atoms with Crippen LogP contribution in [-0.4, -0.2) is 59.3 Å². The van der Waals surface area contributed by atoms with Crippen LogP contribution in [0.4, 0.5) is 5.82 Å². The Labute approximate surface area is 133 Å². The minimum absolute atomic E-state index is 0.266. The molecule has 22 heavy (non-hydrogen) atoms. The highest BCUT2D eigenvalue weighted by Crippen LogP contribution is 2.30. The first kappa shape index (κ1) is 14.2. The van der Waals surface area contributed by atoms with Gasteiger partial charge in [0.15, 0.2) is 5.65 Å². The molecule has 0 atom stereocenters. The highest BCUT2D eigenvalue weighted by atomic mass is 35.5. The molecule has 0 spiro atoms. The Kier molecular flexibility index (Phi) is 3.85. The highest BCUT2D eigenvalue weighted by Gasteiger charge is 2.23. The number of morpholine rings is 1. The van der Waals surface area contributed by atoms with Crippen molar-refractivity contribution in [3.63, 3.8) is 0 Å². The van der Waals surface area contributed by atoms with Gasteiger partial charge in [0.2, 0.25) is 5.28 Å². The summed E-state index contributed by atoms with van der Waals surface area (Å²) in [5.41, 5.74) is 0.813. The third kappa shape index (κ3) is 2.53. The number of fused-ring (bicyclic) bond motifs is 1. The third-order valence-corrected chi connectivity index (χ3v) is 4.42. The molecule has 0 radical (unpaired) electrons. The summed E-state index contributed by atoms with van der Waals surface area (Å²) in [6, 6.07) is 0.315. The maximum absolute atomic E-state index is 6.16. The van der Waals surface area contributed by atoms with Crippen LogP contribution in [0.2, 0.25) is 5.28 Å². The molecule has 0 saturated carbocycles. The molecule has 0 aliphatic carbocycles. The van der Waals surface area contributed by atoms with Crippen molar-refractivity contribution in [2.75, 3.05) is 44.4 Å². The molecule has 2 aromatic rings. The molecule has 2 saturated heterocycles. The van der Waals surface area contributed by atoms with Gasteiger partial charge in [-0.25, -0.2) is 4.68 Å². The van der Waals surface area contributed by atoms with Gasteiger partial charge in [-0.15, -0.1) is 0 Å². The normalized spacial score (nSPS) is 20.7. The lowest BCUT2D eigenvalue weighted by Gasteiger charge is -2.28. The summed E-state index contributed by atoms with van der Waals surface area (Å²) in [5.74, 6) is 0.858. The smallest absolute Gasteiger partial charge is 0.226 e. The molecule has 2 aliphatic heterocycles. The van der Waals surface area contributed by atoms with Gasteiger partial charge in [0.1, 0.15) is 5.82 Å². The van der Waals surface area contributed by atoms with E-state index >= 15 is 0 Å². The fraction of sp³-hybridized carbons (Fsp3) is 0.643. The molecule has 4 rings (SSSR count). The van der Waals surface area contributed by atoms with E-state index < -0.39 is 0 Å². The van der Waals surface area contributed by atoms with E-state index in [-0.39, 0.29) is 5.28 Å². The molecule has 2 aromatic heterocycles. The quantitative estimate of drug-likeness (QED) is 0.783. The van der Waals surface area contributed by atoms with Crippen LogP contribution in [-0.2, 0) is 9.47 Å². The second kappa shape index (κ2) is 5.98. The molecule has 4 heterocycles.